The Kier molecular flexibility index (Phi) is 3.54. The third kappa shape index (κ3) is 2.43. The van der Waals surface area contributed by atoms with Gasteiger partial charge in [-0.1, -0.05) is 28.1 Å². The lowest BCUT2D eigenvalue weighted by molar-refractivity contribution is 0.0620. The minimum absolute atomic E-state index is 0.337. The zero-order valence-electron chi connectivity index (χ0n) is 11.1. The van der Waals surface area contributed by atoms with Crippen LogP contribution in [0.15, 0.2) is 34.8 Å². The monoisotopic (exact) mass is 383 g/mol. The number of carbonyl (C=O) groups is 2. The van der Waals surface area contributed by atoms with Crippen molar-refractivity contribution in [3.05, 3.63) is 45.9 Å². The van der Waals surface area contributed by atoms with E-state index in [9.17, 15) is 18.0 Å². The SMILES string of the molecule is O=C1c2cccc3c(Br)ccc(c23)C(=O)N1CCS(=O)(=O)O. The Labute approximate surface area is 134 Å². The van der Waals surface area contributed by atoms with E-state index in [0.717, 1.165) is 14.8 Å². The van der Waals surface area contributed by atoms with Gasteiger partial charge >= 0.3 is 0 Å². The Balaban J connectivity index is 2.15. The summed E-state index contributed by atoms with van der Waals surface area (Å²) in [5.74, 6) is -1.82. The lowest BCUT2D eigenvalue weighted by atomic mass is 9.94. The maximum atomic E-state index is 12.5. The number of hydrogen-bond acceptors (Lipinski definition) is 4. The molecule has 0 aromatic heterocycles. The Morgan fingerprint density at radius 1 is 1.05 bits per heavy atom. The van der Waals surface area contributed by atoms with Gasteiger partial charge in [-0.05, 0) is 23.6 Å². The van der Waals surface area contributed by atoms with E-state index >= 15 is 0 Å². The van der Waals surface area contributed by atoms with Gasteiger partial charge in [0.15, 0.2) is 0 Å². The average molecular weight is 384 g/mol. The topological polar surface area (TPSA) is 91.8 Å². The van der Waals surface area contributed by atoms with Gasteiger partial charge in [0.25, 0.3) is 21.9 Å². The summed E-state index contributed by atoms with van der Waals surface area (Å²) >= 11 is 3.38. The molecule has 0 spiro atoms. The Morgan fingerprint density at radius 3 is 2.32 bits per heavy atom. The molecule has 0 saturated carbocycles. The molecule has 0 fully saturated rings. The number of benzene rings is 2. The highest BCUT2D eigenvalue weighted by atomic mass is 79.9. The van der Waals surface area contributed by atoms with E-state index in [2.05, 4.69) is 15.9 Å². The Bertz CT molecular complexity index is 900. The second kappa shape index (κ2) is 5.15. The lowest BCUT2D eigenvalue weighted by Crippen LogP contribution is -2.42. The first kappa shape index (κ1) is 15.1. The van der Waals surface area contributed by atoms with Crippen LogP contribution in [0.25, 0.3) is 10.8 Å². The first-order valence-corrected chi connectivity index (χ1v) is 8.72. The molecule has 0 unspecified atom stereocenters. The molecule has 1 aliphatic heterocycles. The third-order valence-electron chi connectivity index (χ3n) is 3.51. The summed E-state index contributed by atoms with van der Waals surface area (Å²) in [5, 5.41) is 1.29. The fraction of sp³-hybridized carbons (Fsp3) is 0.143. The first-order valence-electron chi connectivity index (χ1n) is 6.32. The van der Waals surface area contributed by atoms with Crippen molar-refractivity contribution in [3.63, 3.8) is 0 Å². The molecule has 6 nitrogen and oxygen atoms in total. The quantitative estimate of drug-likeness (QED) is 0.646. The summed E-state index contributed by atoms with van der Waals surface area (Å²) in [6.07, 6.45) is 0. The van der Waals surface area contributed by atoms with Crippen LogP contribution < -0.4 is 0 Å². The van der Waals surface area contributed by atoms with Crippen LogP contribution in [0.2, 0.25) is 0 Å². The van der Waals surface area contributed by atoms with Gasteiger partial charge in [0.1, 0.15) is 0 Å². The molecule has 3 rings (SSSR count). The van der Waals surface area contributed by atoms with Crippen molar-refractivity contribution in [2.75, 3.05) is 12.3 Å². The standard InChI is InChI=1S/C14H10BrNO5S/c15-11-5-4-10-12-8(11)2-1-3-9(12)13(17)16(14(10)18)6-7-22(19,20)21/h1-5H,6-7H2,(H,19,20,21). The van der Waals surface area contributed by atoms with E-state index in [4.69, 9.17) is 4.55 Å². The van der Waals surface area contributed by atoms with Crippen molar-refractivity contribution in [1.82, 2.24) is 4.90 Å². The number of imide groups is 1. The molecular weight excluding hydrogens is 374 g/mol. The highest BCUT2D eigenvalue weighted by Crippen LogP contribution is 2.34. The van der Waals surface area contributed by atoms with Gasteiger partial charge < -0.3 is 0 Å². The Hall–Kier alpha value is -1.77. The molecule has 0 bridgehead atoms. The second-order valence-electron chi connectivity index (χ2n) is 4.87. The van der Waals surface area contributed by atoms with Crippen LogP contribution in [0, 0.1) is 0 Å². The molecule has 1 aliphatic rings. The largest absolute Gasteiger partial charge is 0.285 e. The van der Waals surface area contributed by atoms with Crippen LogP contribution >= 0.6 is 15.9 Å². The predicted octanol–water partition coefficient (Wildman–Crippen LogP) is 2.09. The van der Waals surface area contributed by atoms with Gasteiger partial charge in [0.2, 0.25) is 0 Å². The van der Waals surface area contributed by atoms with Gasteiger partial charge in [-0.25, -0.2) is 0 Å². The number of hydrogen-bond donors (Lipinski definition) is 1. The molecule has 1 N–H and O–H groups in total. The number of rotatable bonds is 3. The lowest BCUT2D eigenvalue weighted by Gasteiger charge is -2.27. The molecule has 2 aromatic rings. The highest BCUT2D eigenvalue weighted by Gasteiger charge is 2.33. The summed E-state index contributed by atoms with van der Waals surface area (Å²) in [7, 11) is -4.26. The fourth-order valence-electron chi connectivity index (χ4n) is 2.52. The summed E-state index contributed by atoms with van der Waals surface area (Å²) in [6.45, 7) is -0.387. The smallest absolute Gasteiger partial charge is 0.266 e. The van der Waals surface area contributed by atoms with E-state index in [-0.39, 0.29) is 6.54 Å². The van der Waals surface area contributed by atoms with E-state index in [1.807, 2.05) is 0 Å². The molecule has 0 saturated heterocycles. The van der Waals surface area contributed by atoms with Crippen molar-refractivity contribution in [2.24, 2.45) is 0 Å². The molecule has 2 amide bonds. The average Bonchev–Trinajstić information content (AvgIpc) is 2.45. The van der Waals surface area contributed by atoms with Crippen LogP contribution in [0.5, 0.6) is 0 Å². The molecule has 114 valence electrons. The summed E-state index contributed by atoms with van der Waals surface area (Å²) < 4.78 is 31.3. The van der Waals surface area contributed by atoms with Crippen LogP contribution in [0.4, 0.5) is 0 Å². The van der Waals surface area contributed by atoms with Gasteiger partial charge in [0, 0.05) is 27.5 Å². The molecule has 0 aliphatic carbocycles. The normalized spacial score (nSPS) is 14.7. The van der Waals surface area contributed by atoms with Gasteiger partial charge in [0.05, 0.1) is 5.75 Å². The van der Waals surface area contributed by atoms with Gasteiger partial charge in [-0.3, -0.25) is 19.0 Å². The molecule has 1 heterocycles. The first-order chi connectivity index (χ1) is 10.3. The van der Waals surface area contributed by atoms with Crippen molar-refractivity contribution < 1.29 is 22.6 Å². The summed E-state index contributed by atoms with van der Waals surface area (Å²) in [4.78, 5) is 25.8. The third-order valence-corrected chi connectivity index (χ3v) is 4.90. The van der Waals surface area contributed by atoms with Crippen LogP contribution in [-0.2, 0) is 10.1 Å². The van der Waals surface area contributed by atoms with Crippen molar-refractivity contribution in [1.29, 1.82) is 0 Å². The molecule has 0 radical (unpaired) electrons. The van der Waals surface area contributed by atoms with Crippen LogP contribution in [0.3, 0.4) is 0 Å². The number of carbonyl (C=O) groups excluding carboxylic acids is 2. The maximum Gasteiger partial charge on any atom is 0.266 e. The van der Waals surface area contributed by atoms with Gasteiger partial charge in [-0.2, -0.15) is 8.42 Å². The molecule has 2 aromatic carbocycles. The summed E-state index contributed by atoms with van der Waals surface area (Å²) in [6, 6.07) is 8.37. The van der Waals surface area contributed by atoms with Crippen molar-refractivity contribution in [3.8, 4) is 0 Å². The number of halogens is 1. The molecule has 0 atom stereocenters. The van der Waals surface area contributed by atoms with Crippen molar-refractivity contribution >= 4 is 48.6 Å². The maximum absolute atomic E-state index is 12.5. The van der Waals surface area contributed by atoms with Crippen LogP contribution in [0.1, 0.15) is 20.7 Å². The van der Waals surface area contributed by atoms with Gasteiger partial charge in [-0.15, -0.1) is 0 Å². The molecular formula is C14H10BrNO5S. The fourth-order valence-corrected chi connectivity index (χ4v) is 3.40. The minimum Gasteiger partial charge on any atom is -0.285 e. The minimum atomic E-state index is -4.26. The number of amides is 2. The van der Waals surface area contributed by atoms with E-state index < -0.39 is 27.7 Å². The Morgan fingerprint density at radius 2 is 1.68 bits per heavy atom. The zero-order valence-corrected chi connectivity index (χ0v) is 13.5. The van der Waals surface area contributed by atoms with Crippen LogP contribution in [-0.4, -0.2) is 42.0 Å². The predicted molar refractivity (Wildman–Crippen MR) is 83.4 cm³/mol. The number of nitrogens with zero attached hydrogens (tertiary/aromatic N) is 1. The van der Waals surface area contributed by atoms with E-state index in [1.165, 1.54) is 0 Å². The van der Waals surface area contributed by atoms with E-state index in [0.29, 0.717) is 16.5 Å². The molecule has 22 heavy (non-hydrogen) atoms. The second-order valence-corrected chi connectivity index (χ2v) is 7.30. The van der Waals surface area contributed by atoms with Crippen molar-refractivity contribution in [2.45, 2.75) is 0 Å². The van der Waals surface area contributed by atoms with E-state index in [1.54, 1.807) is 30.3 Å². The highest BCUT2D eigenvalue weighted by molar-refractivity contribution is 9.10. The zero-order chi connectivity index (χ0) is 16.1. The molecule has 8 heteroatoms. The summed E-state index contributed by atoms with van der Waals surface area (Å²) in [5.41, 5.74) is 0.674.